The molecular weight excluding hydrogens is 888 g/mol. The Morgan fingerprint density at radius 3 is 2.02 bits per heavy atom. The smallest absolute Gasteiger partial charge is 0.267 e. The first kappa shape index (κ1) is 44.9. The predicted molar refractivity (Wildman–Crippen MR) is 246 cm³/mol. The van der Waals surface area contributed by atoms with Gasteiger partial charge in [0.05, 0.1) is 26.4 Å². The number of carbonyl (C=O) groups excluding carboxylic acids is 3. The van der Waals surface area contributed by atoms with E-state index in [2.05, 4.69) is 16.1 Å². The largest absolute Gasteiger partial charge is 0.481 e. The lowest BCUT2D eigenvalue weighted by atomic mass is 10.1. The number of carbonyl (C=O) groups is 3. The second-order valence-corrected chi connectivity index (χ2v) is 17.3. The number of ether oxygens (including phenoxy) is 2. The highest BCUT2D eigenvalue weighted by molar-refractivity contribution is 8.01. The minimum absolute atomic E-state index is 0.100. The Bertz CT molecular complexity index is 2500. The molecule has 16 heteroatoms. The molecule has 1 heterocycles. The fourth-order valence-electron chi connectivity index (χ4n) is 6.24. The summed E-state index contributed by atoms with van der Waals surface area (Å²) in [6.07, 6.45) is -1.26. The van der Waals surface area contributed by atoms with E-state index in [1.807, 2.05) is 71.0 Å². The van der Waals surface area contributed by atoms with Gasteiger partial charge in [-0.05, 0) is 113 Å². The summed E-state index contributed by atoms with van der Waals surface area (Å²) in [6.45, 7) is 11.3. The normalized spacial score (nSPS) is 15.4. The van der Waals surface area contributed by atoms with Crippen LogP contribution in [0.15, 0.2) is 94.8 Å². The molecule has 5 aromatic rings. The van der Waals surface area contributed by atoms with Gasteiger partial charge in [0.1, 0.15) is 28.3 Å². The van der Waals surface area contributed by atoms with Crippen LogP contribution in [0.2, 0.25) is 25.1 Å². The summed E-state index contributed by atoms with van der Waals surface area (Å²) < 4.78 is 12.1. The molecule has 3 unspecified atom stereocenters. The number of nitrogens with one attached hydrogen (secondary N) is 3. The van der Waals surface area contributed by atoms with Crippen LogP contribution in [-0.2, 0) is 14.4 Å². The molecule has 3 amide bonds. The lowest BCUT2D eigenvalue weighted by Crippen LogP contribution is -2.36. The van der Waals surface area contributed by atoms with E-state index in [9.17, 15) is 14.4 Å². The highest BCUT2D eigenvalue weighted by atomic mass is 35.5. The van der Waals surface area contributed by atoms with E-state index in [4.69, 9.17) is 72.5 Å². The lowest BCUT2D eigenvalue weighted by molar-refractivity contribution is -0.123. The second-order valence-electron chi connectivity index (χ2n) is 14.1. The van der Waals surface area contributed by atoms with Crippen LogP contribution in [0.4, 0.5) is 22.7 Å². The van der Waals surface area contributed by atoms with Gasteiger partial charge in [-0.3, -0.25) is 19.8 Å². The molecule has 0 bridgehead atoms. The zero-order chi connectivity index (χ0) is 43.4. The van der Waals surface area contributed by atoms with Crippen LogP contribution in [0.1, 0.15) is 42.5 Å². The van der Waals surface area contributed by atoms with Crippen LogP contribution < -0.4 is 30.5 Å². The Morgan fingerprint density at radius 1 is 0.767 bits per heavy atom. The van der Waals surface area contributed by atoms with Gasteiger partial charge < -0.3 is 20.1 Å². The van der Waals surface area contributed by atoms with Gasteiger partial charge in [-0.15, -0.1) is 11.8 Å². The van der Waals surface area contributed by atoms with Crippen molar-refractivity contribution in [2.75, 3.05) is 15.6 Å². The summed E-state index contributed by atoms with van der Waals surface area (Å²) in [6, 6.07) is 24.1. The van der Waals surface area contributed by atoms with E-state index in [-0.39, 0.29) is 43.2 Å². The number of amidine groups is 1. The molecular formula is C44H40Cl5N5O5S. The second kappa shape index (κ2) is 19.4. The van der Waals surface area contributed by atoms with E-state index in [0.717, 1.165) is 34.0 Å². The third-order valence-electron chi connectivity index (χ3n) is 9.29. The van der Waals surface area contributed by atoms with Crippen molar-refractivity contribution < 1.29 is 23.9 Å². The number of hydrogen-bond donors (Lipinski definition) is 3. The van der Waals surface area contributed by atoms with Gasteiger partial charge in [-0.25, -0.2) is 10.0 Å². The van der Waals surface area contributed by atoms with Gasteiger partial charge in [0, 0.05) is 20.6 Å². The van der Waals surface area contributed by atoms with E-state index < -0.39 is 29.3 Å². The van der Waals surface area contributed by atoms with Crippen molar-refractivity contribution in [3.8, 4) is 11.5 Å². The lowest BCUT2D eigenvalue weighted by Gasteiger charge is -2.19. The highest BCUT2D eigenvalue weighted by Gasteiger charge is 2.41. The van der Waals surface area contributed by atoms with E-state index in [0.29, 0.717) is 39.2 Å². The monoisotopic (exact) mass is 925 g/mol. The van der Waals surface area contributed by atoms with Crippen molar-refractivity contribution in [1.29, 1.82) is 0 Å². The van der Waals surface area contributed by atoms with E-state index in [1.165, 1.54) is 17.1 Å². The summed E-state index contributed by atoms with van der Waals surface area (Å²) in [5, 5.41) is 6.97. The maximum Gasteiger partial charge on any atom is 0.267 e. The number of anilines is 3. The van der Waals surface area contributed by atoms with Crippen molar-refractivity contribution in [2.24, 2.45) is 4.99 Å². The maximum atomic E-state index is 14.5. The van der Waals surface area contributed by atoms with Crippen LogP contribution in [0.3, 0.4) is 0 Å². The van der Waals surface area contributed by atoms with Crippen LogP contribution in [0.5, 0.6) is 11.5 Å². The minimum atomic E-state index is -1.09. The SMILES string of the molecule is CCC(Oc1ccc(C)cc1C)C(=O)Nc1ccc(Cl)c(N=C2NN(c3c(Cl)cc(Cl)cc3Cl)C(=O)C2Sc2cc(Cl)ccc2NC(=O)C(C)Oc2ccc(C)cc2C)c1. The number of thioether (sulfide) groups is 1. The number of hydrazine groups is 1. The molecule has 0 aromatic heterocycles. The summed E-state index contributed by atoms with van der Waals surface area (Å²) in [4.78, 5) is 46.7. The van der Waals surface area contributed by atoms with Gasteiger partial charge in [0.2, 0.25) is 0 Å². The predicted octanol–water partition coefficient (Wildman–Crippen LogP) is 12.1. The number of aliphatic imine (C=N–C) groups is 1. The van der Waals surface area contributed by atoms with Gasteiger partial charge in [0.15, 0.2) is 12.2 Å². The number of rotatable bonds is 13. The number of benzene rings is 5. The van der Waals surface area contributed by atoms with Crippen molar-refractivity contribution in [3.63, 3.8) is 0 Å². The van der Waals surface area contributed by atoms with E-state index in [1.54, 1.807) is 43.3 Å². The van der Waals surface area contributed by atoms with Crippen molar-refractivity contribution in [2.45, 2.75) is 70.3 Å². The van der Waals surface area contributed by atoms with Crippen molar-refractivity contribution in [1.82, 2.24) is 5.43 Å². The van der Waals surface area contributed by atoms with E-state index >= 15 is 0 Å². The fourth-order valence-corrected chi connectivity index (χ4v) is 8.74. The maximum absolute atomic E-state index is 14.5. The van der Waals surface area contributed by atoms with Crippen LogP contribution in [0, 0.1) is 27.7 Å². The zero-order valence-electron chi connectivity index (χ0n) is 33.3. The molecule has 1 aliphatic rings. The van der Waals surface area contributed by atoms with Crippen molar-refractivity contribution >= 4 is 116 Å². The van der Waals surface area contributed by atoms with Gasteiger partial charge in [-0.2, -0.15) is 0 Å². The average molecular weight is 928 g/mol. The number of aryl methyl sites for hydroxylation is 4. The molecule has 1 aliphatic heterocycles. The molecule has 0 spiro atoms. The first-order chi connectivity index (χ1) is 28.5. The standard InChI is InChI=1S/C44H40Cl5N5O5S/c1-7-35(59-37-15-9-23(3)17-25(37)5)43(56)50-29-11-12-30(47)34(21-29)51-41-40(44(57)54(53-41)39-31(48)18-28(46)19-32(39)49)60-38-20-27(45)10-13-33(38)52-42(55)26(6)58-36-14-8-22(2)16-24(36)4/h8-21,26,35,40H,7H2,1-6H3,(H,50,56)(H,51,53)(H,52,55). The van der Waals surface area contributed by atoms with Gasteiger partial charge >= 0.3 is 0 Å². The quantitative estimate of drug-likeness (QED) is 0.107. The Balaban J connectivity index is 1.31. The number of amides is 3. The number of halogens is 5. The molecule has 5 aromatic carbocycles. The third kappa shape index (κ3) is 10.6. The first-order valence-corrected chi connectivity index (χ1v) is 21.5. The molecule has 6 rings (SSSR count). The molecule has 0 radical (unpaired) electrons. The molecule has 1 saturated heterocycles. The van der Waals surface area contributed by atoms with Gasteiger partial charge in [-0.1, -0.05) is 100 Å². The number of nitrogens with zero attached hydrogens (tertiary/aromatic N) is 2. The van der Waals surface area contributed by atoms with Crippen LogP contribution in [-0.4, -0.2) is 41.0 Å². The Kier molecular flexibility index (Phi) is 14.5. The minimum Gasteiger partial charge on any atom is -0.481 e. The fraction of sp³-hybridized carbons (Fsp3) is 0.227. The first-order valence-electron chi connectivity index (χ1n) is 18.7. The summed E-state index contributed by atoms with van der Waals surface area (Å²) in [5.74, 6) is 0.00749. The zero-order valence-corrected chi connectivity index (χ0v) is 37.9. The Labute approximate surface area is 377 Å². The molecule has 60 heavy (non-hydrogen) atoms. The molecule has 0 saturated carbocycles. The summed E-state index contributed by atoms with van der Waals surface area (Å²) >= 11 is 33.7. The molecule has 3 N–H and O–H groups in total. The average Bonchev–Trinajstić information content (AvgIpc) is 3.47. The Morgan fingerprint density at radius 2 is 1.40 bits per heavy atom. The molecule has 1 fully saturated rings. The number of hydrogen-bond acceptors (Lipinski definition) is 7. The molecule has 0 aliphatic carbocycles. The molecule has 312 valence electrons. The molecule has 3 atom stereocenters. The summed E-state index contributed by atoms with van der Waals surface area (Å²) in [5.41, 5.74) is 8.13. The topological polar surface area (TPSA) is 121 Å². The van der Waals surface area contributed by atoms with Crippen LogP contribution >= 0.6 is 69.8 Å². The highest BCUT2D eigenvalue weighted by Crippen LogP contribution is 2.42. The third-order valence-corrected chi connectivity index (χ3v) is 11.9. The molecule has 10 nitrogen and oxygen atoms in total. The summed E-state index contributed by atoms with van der Waals surface area (Å²) in [7, 11) is 0. The Hall–Kier alpha value is -4.62. The van der Waals surface area contributed by atoms with Crippen LogP contribution in [0.25, 0.3) is 0 Å². The van der Waals surface area contributed by atoms with Gasteiger partial charge in [0.25, 0.3) is 17.7 Å². The van der Waals surface area contributed by atoms with Crippen molar-refractivity contribution in [3.05, 3.63) is 132 Å².